The fraction of sp³-hybridized carbons (Fsp3) is 0.444. The fourth-order valence-electron chi connectivity index (χ4n) is 0.746. The Morgan fingerprint density at radius 3 is 2.62 bits per heavy atom. The number of carbonyl (C=O) groups is 1. The van der Waals surface area contributed by atoms with Crippen molar-refractivity contribution < 1.29 is 9.53 Å². The second kappa shape index (κ2) is 3.54. The molecule has 1 aromatic rings. The first-order valence-electron chi connectivity index (χ1n) is 3.87. The molecule has 0 fully saturated rings. The quantitative estimate of drug-likeness (QED) is 0.703. The van der Waals surface area contributed by atoms with E-state index in [0.717, 1.165) is 4.47 Å². The Morgan fingerprint density at radius 1 is 1.62 bits per heavy atom. The van der Waals surface area contributed by atoms with E-state index in [2.05, 4.69) is 22.1 Å². The maximum Gasteiger partial charge on any atom is 0.419 e. The van der Waals surface area contributed by atoms with Crippen molar-refractivity contribution in [3.63, 3.8) is 0 Å². The summed E-state index contributed by atoms with van der Waals surface area (Å²) < 4.78 is 7.19. The predicted molar refractivity (Wildman–Crippen MR) is 52.6 cm³/mol. The molecule has 0 aliphatic carbocycles. The van der Waals surface area contributed by atoms with Gasteiger partial charge in [0.1, 0.15) is 5.60 Å². The molecule has 0 unspecified atom stereocenters. The number of rotatable bonds is 0. The third-order valence-electron chi connectivity index (χ3n) is 1.18. The van der Waals surface area contributed by atoms with Crippen LogP contribution >= 0.6 is 15.9 Å². The summed E-state index contributed by atoms with van der Waals surface area (Å²) in [6.45, 7) is 5.47. The minimum absolute atomic E-state index is 0.418. The van der Waals surface area contributed by atoms with Crippen molar-refractivity contribution in [2.75, 3.05) is 0 Å². The van der Waals surface area contributed by atoms with Gasteiger partial charge in [0.25, 0.3) is 0 Å². The van der Waals surface area contributed by atoms with Gasteiger partial charge in [0.15, 0.2) is 0 Å². The molecule has 3 nitrogen and oxygen atoms in total. The topological polar surface area (TPSA) is 31.2 Å². The maximum absolute atomic E-state index is 11.4. The van der Waals surface area contributed by atoms with E-state index in [1.807, 2.05) is 20.8 Å². The van der Waals surface area contributed by atoms with Crippen LogP contribution in [0.4, 0.5) is 4.79 Å². The average Bonchev–Trinajstić information content (AvgIpc) is 2.31. The number of hydrogen-bond acceptors (Lipinski definition) is 2. The Hall–Kier alpha value is -0.770. The van der Waals surface area contributed by atoms with E-state index in [0.29, 0.717) is 0 Å². The van der Waals surface area contributed by atoms with E-state index in [1.54, 1.807) is 12.3 Å². The lowest BCUT2D eigenvalue weighted by Gasteiger charge is -2.19. The van der Waals surface area contributed by atoms with Crippen LogP contribution in [-0.2, 0) is 4.74 Å². The van der Waals surface area contributed by atoms with Crippen LogP contribution in [0.2, 0.25) is 0 Å². The molecule has 71 valence electrons. The number of hydrogen-bond donors (Lipinski definition) is 0. The second-order valence-electron chi connectivity index (χ2n) is 3.64. The molecule has 0 aromatic carbocycles. The molecule has 0 aliphatic heterocycles. The number of nitrogens with zero attached hydrogens (tertiary/aromatic N) is 1. The lowest BCUT2D eigenvalue weighted by Crippen LogP contribution is -2.26. The van der Waals surface area contributed by atoms with Crippen LogP contribution < -0.4 is 0 Å². The van der Waals surface area contributed by atoms with Crippen LogP contribution in [0, 0.1) is 6.20 Å². The fourth-order valence-corrected chi connectivity index (χ4v) is 1.05. The molecule has 1 rings (SSSR count). The second-order valence-corrected chi connectivity index (χ2v) is 4.55. The molecular weight excluding hydrogens is 234 g/mol. The third kappa shape index (κ3) is 3.22. The van der Waals surface area contributed by atoms with Gasteiger partial charge in [0.05, 0.1) is 6.20 Å². The van der Waals surface area contributed by atoms with Crippen LogP contribution in [-0.4, -0.2) is 16.3 Å². The lowest BCUT2D eigenvalue weighted by molar-refractivity contribution is 0.0536. The van der Waals surface area contributed by atoms with Gasteiger partial charge in [-0.25, -0.2) is 9.36 Å². The molecule has 0 bridgehead atoms. The summed E-state index contributed by atoms with van der Waals surface area (Å²) in [5, 5.41) is 0. The van der Waals surface area contributed by atoms with Crippen molar-refractivity contribution in [3.05, 3.63) is 22.9 Å². The highest BCUT2D eigenvalue weighted by atomic mass is 79.9. The zero-order valence-corrected chi connectivity index (χ0v) is 9.38. The van der Waals surface area contributed by atoms with Crippen molar-refractivity contribution >= 4 is 22.0 Å². The molecule has 1 heterocycles. The first-order valence-corrected chi connectivity index (χ1v) is 4.67. The monoisotopic (exact) mass is 244 g/mol. The van der Waals surface area contributed by atoms with Crippen molar-refractivity contribution in [2.45, 2.75) is 26.4 Å². The summed E-state index contributed by atoms with van der Waals surface area (Å²) >= 11 is 3.22. The first kappa shape index (κ1) is 10.3. The Morgan fingerprint density at radius 2 is 2.23 bits per heavy atom. The van der Waals surface area contributed by atoms with E-state index in [1.165, 1.54) is 4.57 Å². The largest absolute Gasteiger partial charge is 0.443 e. The van der Waals surface area contributed by atoms with Crippen molar-refractivity contribution in [3.8, 4) is 0 Å². The number of halogens is 1. The van der Waals surface area contributed by atoms with Crippen LogP contribution in [0.25, 0.3) is 0 Å². The standard InChI is InChI=1S/C9H11BrNO2/c1-9(2,3)13-8(12)11-5-4-7(10)6-11/h4,6H,1-3H3. The Labute approximate surface area is 85.8 Å². The molecule has 0 saturated heterocycles. The highest BCUT2D eigenvalue weighted by Gasteiger charge is 2.17. The van der Waals surface area contributed by atoms with E-state index in [-0.39, 0.29) is 0 Å². The molecular formula is C9H11BrNO2. The molecule has 4 heteroatoms. The summed E-state index contributed by atoms with van der Waals surface area (Å²) in [7, 11) is 0. The van der Waals surface area contributed by atoms with Gasteiger partial charge in [-0.15, -0.1) is 0 Å². The molecule has 13 heavy (non-hydrogen) atoms. The average molecular weight is 245 g/mol. The maximum atomic E-state index is 11.4. The van der Waals surface area contributed by atoms with Crippen LogP contribution in [0.5, 0.6) is 0 Å². The zero-order valence-electron chi connectivity index (χ0n) is 7.80. The van der Waals surface area contributed by atoms with Crippen molar-refractivity contribution in [2.24, 2.45) is 0 Å². The van der Waals surface area contributed by atoms with E-state index in [9.17, 15) is 4.79 Å². The molecule has 1 aromatic heterocycles. The molecule has 0 saturated carbocycles. The van der Waals surface area contributed by atoms with Gasteiger partial charge in [-0.2, -0.15) is 0 Å². The smallest absolute Gasteiger partial charge is 0.419 e. The van der Waals surface area contributed by atoms with Gasteiger partial charge in [0.2, 0.25) is 0 Å². The normalized spacial score (nSPS) is 11.4. The Bertz CT molecular complexity index is 312. The van der Waals surface area contributed by atoms with Crippen molar-refractivity contribution in [1.82, 2.24) is 4.57 Å². The van der Waals surface area contributed by atoms with Gasteiger partial charge >= 0.3 is 6.09 Å². The summed E-state index contributed by atoms with van der Waals surface area (Å²) in [5.41, 5.74) is -0.471. The summed E-state index contributed by atoms with van der Waals surface area (Å²) in [6, 6.07) is 1.66. The number of ether oxygens (including phenoxy) is 1. The highest BCUT2D eigenvalue weighted by Crippen LogP contribution is 2.12. The molecule has 0 aliphatic rings. The number of aromatic nitrogens is 1. The van der Waals surface area contributed by atoms with Gasteiger partial charge < -0.3 is 4.74 Å². The lowest BCUT2D eigenvalue weighted by atomic mass is 10.2. The third-order valence-corrected chi connectivity index (χ3v) is 1.62. The minimum Gasteiger partial charge on any atom is -0.443 e. The molecule has 0 N–H and O–H groups in total. The highest BCUT2D eigenvalue weighted by molar-refractivity contribution is 9.10. The van der Waals surface area contributed by atoms with Gasteiger partial charge in [-0.05, 0) is 42.8 Å². The van der Waals surface area contributed by atoms with E-state index in [4.69, 9.17) is 4.74 Å². The van der Waals surface area contributed by atoms with Crippen molar-refractivity contribution in [1.29, 1.82) is 0 Å². The summed E-state index contributed by atoms with van der Waals surface area (Å²) in [4.78, 5) is 11.4. The molecule has 0 atom stereocenters. The molecule has 1 radical (unpaired) electrons. The summed E-state index contributed by atoms with van der Waals surface area (Å²) in [5.74, 6) is 0. The van der Waals surface area contributed by atoms with E-state index >= 15 is 0 Å². The zero-order chi connectivity index (χ0) is 10.1. The van der Waals surface area contributed by atoms with Crippen LogP contribution in [0.1, 0.15) is 20.8 Å². The first-order chi connectivity index (χ1) is 5.88. The molecule has 0 amide bonds. The predicted octanol–water partition coefficient (Wildman–Crippen LogP) is 2.83. The Kier molecular flexibility index (Phi) is 2.81. The van der Waals surface area contributed by atoms with Gasteiger partial charge in [0, 0.05) is 10.7 Å². The van der Waals surface area contributed by atoms with Crippen LogP contribution in [0.3, 0.4) is 0 Å². The van der Waals surface area contributed by atoms with Crippen LogP contribution in [0.15, 0.2) is 16.7 Å². The molecule has 0 spiro atoms. The summed E-state index contributed by atoms with van der Waals surface area (Å²) in [6.07, 6.45) is 3.91. The van der Waals surface area contributed by atoms with Gasteiger partial charge in [-0.1, -0.05) is 0 Å². The van der Waals surface area contributed by atoms with Gasteiger partial charge in [-0.3, -0.25) is 0 Å². The minimum atomic E-state index is -0.471. The SMILES string of the molecule is CC(C)(C)OC(=O)n1[c]cc(Br)c1. The Balaban J connectivity index is 2.70. The van der Waals surface area contributed by atoms with E-state index < -0.39 is 11.7 Å². The number of carbonyl (C=O) groups excluding carboxylic acids is 1.